The molecule has 0 unspecified atom stereocenters. The Kier molecular flexibility index (Phi) is 5.62. The number of H-pyrrole nitrogens is 1. The van der Waals surface area contributed by atoms with Crippen LogP contribution in [0, 0.1) is 0 Å². The van der Waals surface area contributed by atoms with Crippen molar-refractivity contribution in [2.45, 2.75) is 6.42 Å². The van der Waals surface area contributed by atoms with E-state index < -0.39 is 0 Å². The van der Waals surface area contributed by atoms with Crippen molar-refractivity contribution in [1.82, 2.24) is 20.2 Å². The number of amides is 2. The lowest BCUT2D eigenvalue weighted by Gasteiger charge is -2.14. The molecule has 1 aromatic heterocycles. The van der Waals surface area contributed by atoms with Gasteiger partial charge in [0.05, 0.1) is 11.2 Å². The van der Waals surface area contributed by atoms with Gasteiger partial charge in [0, 0.05) is 24.9 Å². The summed E-state index contributed by atoms with van der Waals surface area (Å²) in [5, 5.41) is 2.78. The van der Waals surface area contributed by atoms with Gasteiger partial charge in [0.25, 0.3) is 5.91 Å². The summed E-state index contributed by atoms with van der Waals surface area (Å²) >= 11 is 6.46. The van der Waals surface area contributed by atoms with Gasteiger partial charge in [-0.15, -0.1) is 0 Å². The molecule has 2 amide bonds. The molecule has 1 aliphatic rings. The van der Waals surface area contributed by atoms with Gasteiger partial charge in [-0.2, -0.15) is 0 Å². The quantitative estimate of drug-likeness (QED) is 0.599. The van der Waals surface area contributed by atoms with E-state index >= 15 is 0 Å². The number of hydrogen-bond donors (Lipinski definition) is 2. The molecule has 1 fully saturated rings. The maximum Gasteiger partial charge on any atom is 0.266 e. The number of thiocarbonyl (C=S) groups is 1. The minimum absolute atomic E-state index is 0.0697. The molecule has 0 bridgehead atoms. The molecular formula is C17H16N4O2S2. The number of benzene rings is 1. The van der Waals surface area contributed by atoms with Gasteiger partial charge in [-0.05, 0) is 11.6 Å². The molecule has 0 spiro atoms. The second kappa shape index (κ2) is 8.09. The zero-order chi connectivity index (χ0) is 17.6. The van der Waals surface area contributed by atoms with Crippen molar-refractivity contribution in [3.8, 4) is 0 Å². The van der Waals surface area contributed by atoms with Crippen LogP contribution in [0.15, 0.2) is 47.8 Å². The third-order valence-corrected chi connectivity index (χ3v) is 4.92. The first-order valence-corrected chi connectivity index (χ1v) is 8.90. The predicted octanol–water partition coefficient (Wildman–Crippen LogP) is 1.97. The topological polar surface area (TPSA) is 78.1 Å². The summed E-state index contributed by atoms with van der Waals surface area (Å²) in [4.78, 5) is 33.3. The number of carbonyl (C=O) groups excluding carboxylic acids is 2. The second-order valence-corrected chi connectivity index (χ2v) is 7.03. The SMILES string of the molecule is O=C(CN1C(=O)C(=Cc2ccccc2)SC1=S)NCCc1cnc[nH]1. The first-order valence-electron chi connectivity index (χ1n) is 7.68. The summed E-state index contributed by atoms with van der Waals surface area (Å²) in [5.41, 5.74) is 1.86. The normalized spacial score (nSPS) is 15.8. The maximum atomic E-state index is 12.5. The van der Waals surface area contributed by atoms with Crippen LogP contribution in [0.5, 0.6) is 0 Å². The third-order valence-electron chi connectivity index (χ3n) is 3.54. The van der Waals surface area contributed by atoms with Crippen molar-refractivity contribution in [2.24, 2.45) is 0 Å². The molecule has 6 nitrogen and oxygen atoms in total. The van der Waals surface area contributed by atoms with E-state index in [0.29, 0.717) is 22.2 Å². The molecule has 0 saturated carbocycles. The lowest BCUT2D eigenvalue weighted by Crippen LogP contribution is -2.40. The fourth-order valence-electron chi connectivity index (χ4n) is 2.29. The van der Waals surface area contributed by atoms with Crippen LogP contribution in [0.1, 0.15) is 11.3 Å². The fourth-order valence-corrected chi connectivity index (χ4v) is 3.55. The van der Waals surface area contributed by atoms with Crippen molar-refractivity contribution >= 4 is 46.2 Å². The zero-order valence-corrected chi connectivity index (χ0v) is 14.9. The number of aromatic nitrogens is 2. The van der Waals surface area contributed by atoms with Gasteiger partial charge in [-0.3, -0.25) is 14.5 Å². The van der Waals surface area contributed by atoms with Crippen LogP contribution >= 0.6 is 24.0 Å². The highest BCUT2D eigenvalue weighted by Crippen LogP contribution is 2.32. The molecule has 1 aromatic carbocycles. The molecule has 1 aliphatic heterocycles. The number of nitrogens with zero attached hydrogens (tertiary/aromatic N) is 2. The first-order chi connectivity index (χ1) is 12.1. The Bertz CT molecular complexity index is 803. The average molecular weight is 372 g/mol. The molecule has 0 radical (unpaired) electrons. The number of rotatable bonds is 6. The van der Waals surface area contributed by atoms with Gasteiger partial charge in [-0.25, -0.2) is 4.98 Å². The van der Waals surface area contributed by atoms with Gasteiger partial charge >= 0.3 is 0 Å². The fraction of sp³-hybridized carbons (Fsp3) is 0.176. The van der Waals surface area contributed by atoms with Crippen LogP contribution < -0.4 is 5.32 Å². The molecule has 2 aromatic rings. The predicted molar refractivity (Wildman–Crippen MR) is 102 cm³/mol. The van der Waals surface area contributed by atoms with Crippen LogP contribution in [-0.2, 0) is 16.0 Å². The molecule has 128 valence electrons. The van der Waals surface area contributed by atoms with Crippen LogP contribution in [-0.4, -0.2) is 44.1 Å². The lowest BCUT2D eigenvalue weighted by atomic mass is 10.2. The number of aromatic amines is 1. The number of imidazole rings is 1. The van der Waals surface area contributed by atoms with E-state index in [2.05, 4.69) is 15.3 Å². The van der Waals surface area contributed by atoms with Gasteiger partial charge in [-0.1, -0.05) is 54.3 Å². The molecular weight excluding hydrogens is 356 g/mol. The van der Waals surface area contributed by atoms with Gasteiger partial charge < -0.3 is 10.3 Å². The smallest absolute Gasteiger partial charge is 0.266 e. The van der Waals surface area contributed by atoms with E-state index in [4.69, 9.17) is 12.2 Å². The summed E-state index contributed by atoms with van der Waals surface area (Å²) in [6.07, 6.45) is 5.74. The highest BCUT2D eigenvalue weighted by Gasteiger charge is 2.33. The Morgan fingerprint density at radius 1 is 1.36 bits per heavy atom. The van der Waals surface area contributed by atoms with Crippen LogP contribution in [0.2, 0.25) is 0 Å². The second-order valence-electron chi connectivity index (χ2n) is 5.36. The van der Waals surface area contributed by atoms with E-state index in [1.54, 1.807) is 18.6 Å². The molecule has 2 heterocycles. The summed E-state index contributed by atoms with van der Waals surface area (Å²) in [6.45, 7) is 0.398. The van der Waals surface area contributed by atoms with E-state index in [1.807, 2.05) is 30.3 Å². The number of nitrogens with one attached hydrogen (secondary N) is 2. The van der Waals surface area contributed by atoms with Crippen LogP contribution in [0.25, 0.3) is 6.08 Å². The van der Waals surface area contributed by atoms with Crippen LogP contribution in [0.4, 0.5) is 0 Å². The minimum Gasteiger partial charge on any atom is -0.354 e. The Labute approximate surface area is 154 Å². The molecule has 3 rings (SSSR count). The average Bonchev–Trinajstić information content (AvgIpc) is 3.20. The Morgan fingerprint density at radius 2 is 2.16 bits per heavy atom. The van der Waals surface area contributed by atoms with E-state index in [0.717, 1.165) is 11.3 Å². The Balaban J connectivity index is 1.55. The monoisotopic (exact) mass is 372 g/mol. The van der Waals surface area contributed by atoms with Crippen molar-refractivity contribution in [3.63, 3.8) is 0 Å². The van der Waals surface area contributed by atoms with Crippen molar-refractivity contribution < 1.29 is 9.59 Å². The van der Waals surface area contributed by atoms with Crippen LogP contribution in [0.3, 0.4) is 0 Å². The molecule has 25 heavy (non-hydrogen) atoms. The Morgan fingerprint density at radius 3 is 2.88 bits per heavy atom. The van der Waals surface area contributed by atoms with Gasteiger partial charge in [0.1, 0.15) is 10.9 Å². The van der Waals surface area contributed by atoms with Gasteiger partial charge in [0.15, 0.2) is 0 Å². The Hall–Kier alpha value is -2.45. The largest absolute Gasteiger partial charge is 0.354 e. The zero-order valence-electron chi connectivity index (χ0n) is 13.3. The lowest BCUT2D eigenvalue weighted by molar-refractivity contribution is -0.128. The molecule has 0 atom stereocenters. The third kappa shape index (κ3) is 4.55. The molecule has 2 N–H and O–H groups in total. The summed E-state index contributed by atoms with van der Waals surface area (Å²) in [5.74, 6) is -0.473. The van der Waals surface area contributed by atoms with Gasteiger partial charge in [0.2, 0.25) is 5.91 Å². The summed E-state index contributed by atoms with van der Waals surface area (Å²) in [6, 6.07) is 9.54. The van der Waals surface area contributed by atoms with Crippen molar-refractivity contribution in [2.75, 3.05) is 13.1 Å². The van der Waals surface area contributed by atoms with E-state index in [-0.39, 0.29) is 18.4 Å². The highest BCUT2D eigenvalue weighted by molar-refractivity contribution is 8.26. The standard InChI is InChI=1S/C17H16N4O2S2/c22-15(19-7-6-13-9-18-11-20-13)10-21-16(23)14(25-17(21)24)8-12-4-2-1-3-5-12/h1-5,8-9,11H,6-7,10H2,(H,18,20)(H,19,22). The molecule has 8 heteroatoms. The number of thioether (sulfide) groups is 1. The summed E-state index contributed by atoms with van der Waals surface area (Å²) < 4.78 is 0.399. The molecule has 0 aliphatic carbocycles. The molecule has 1 saturated heterocycles. The van der Waals surface area contributed by atoms with Crippen molar-refractivity contribution in [1.29, 1.82) is 0 Å². The highest BCUT2D eigenvalue weighted by atomic mass is 32.2. The van der Waals surface area contributed by atoms with E-state index in [9.17, 15) is 9.59 Å². The number of carbonyl (C=O) groups is 2. The summed E-state index contributed by atoms with van der Waals surface area (Å²) in [7, 11) is 0. The number of hydrogen-bond acceptors (Lipinski definition) is 5. The van der Waals surface area contributed by atoms with Crippen molar-refractivity contribution in [3.05, 3.63) is 59.0 Å². The maximum absolute atomic E-state index is 12.5. The van der Waals surface area contributed by atoms with E-state index in [1.165, 1.54) is 16.7 Å². The first kappa shape index (κ1) is 17.4. The minimum atomic E-state index is -0.239.